The summed E-state index contributed by atoms with van der Waals surface area (Å²) in [6, 6.07) is 5.59. The number of aryl methyl sites for hydroxylation is 1. The number of ether oxygens (including phenoxy) is 1. The number of hydrogen-bond donors (Lipinski definition) is 1. The molecule has 0 saturated carbocycles. The Hall–Kier alpha value is -1.10. The molecule has 0 aliphatic carbocycles. The molecule has 1 aromatic heterocycles. The first-order chi connectivity index (χ1) is 8.27. The van der Waals surface area contributed by atoms with Gasteiger partial charge in [0.05, 0.1) is 16.1 Å². The van der Waals surface area contributed by atoms with Crippen molar-refractivity contribution in [3.8, 4) is 0 Å². The molecule has 92 valence electrons. The predicted octanol–water partition coefficient (Wildman–Crippen LogP) is 2.22. The first-order valence-electron chi connectivity index (χ1n) is 5.51. The number of aliphatic hydroxyl groups is 1. The number of aromatic nitrogens is 2. The lowest BCUT2D eigenvalue weighted by atomic mass is 10.3. The Bertz CT molecular complexity index is 510. The van der Waals surface area contributed by atoms with Gasteiger partial charge in [0, 0.05) is 20.3 Å². The van der Waals surface area contributed by atoms with E-state index in [1.54, 1.807) is 7.11 Å². The molecule has 0 atom stereocenters. The third-order valence-electron chi connectivity index (χ3n) is 2.67. The van der Waals surface area contributed by atoms with Gasteiger partial charge in [0.15, 0.2) is 0 Å². The van der Waals surface area contributed by atoms with Crippen LogP contribution in [0.25, 0.3) is 11.0 Å². The van der Waals surface area contributed by atoms with Crippen molar-refractivity contribution >= 4 is 22.6 Å². The number of nitrogens with zero attached hydrogens (tertiary/aromatic N) is 2. The van der Waals surface area contributed by atoms with E-state index in [0.717, 1.165) is 24.0 Å². The third kappa shape index (κ3) is 2.44. The Balaban J connectivity index is 2.42. The highest BCUT2D eigenvalue weighted by Crippen LogP contribution is 2.24. The summed E-state index contributed by atoms with van der Waals surface area (Å²) in [6.45, 7) is 1.33. The minimum atomic E-state index is -0.0853. The van der Waals surface area contributed by atoms with Crippen LogP contribution in [0, 0.1) is 0 Å². The van der Waals surface area contributed by atoms with Crippen LogP contribution in [0.15, 0.2) is 18.2 Å². The van der Waals surface area contributed by atoms with E-state index in [4.69, 9.17) is 16.3 Å². The molecule has 2 rings (SSSR count). The van der Waals surface area contributed by atoms with Crippen molar-refractivity contribution < 1.29 is 9.84 Å². The average molecular weight is 255 g/mol. The molecule has 1 heterocycles. The normalized spacial score (nSPS) is 11.2. The molecule has 17 heavy (non-hydrogen) atoms. The summed E-state index contributed by atoms with van der Waals surface area (Å²) in [6.07, 6.45) is 0.861. The molecule has 0 saturated heterocycles. The van der Waals surface area contributed by atoms with E-state index in [2.05, 4.69) is 4.98 Å². The van der Waals surface area contributed by atoms with Crippen molar-refractivity contribution in [1.29, 1.82) is 0 Å². The fourth-order valence-corrected chi connectivity index (χ4v) is 2.19. The topological polar surface area (TPSA) is 47.3 Å². The monoisotopic (exact) mass is 254 g/mol. The Morgan fingerprint density at radius 3 is 3.00 bits per heavy atom. The van der Waals surface area contributed by atoms with Crippen LogP contribution in [-0.2, 0) is 17.9 Å². The molecule has 4 nitrogen and oxygen atoms in total. The van der Waals surface area contributed by atoms with Crippen LogP contribution in [0.1, 0.15) is 12.2 Å². The summed E-state index contributed by atoms with van der Waals surface area (Å²) in [5.41, 5.74) is 1.70. The van der Waals surface area contributed by atoms with E-state index < -0.39 is 0 Å². The van der Waals surface area contributed by atoms with Crippen LogP contribution in [0.3, 0.4) is 0 Å². The number of aliphatic hydroxyl groups excluding tert-OH is 1. The second-order valence-corrected chi connectivity index (χ2v) is 4.20. The highest BCUT2D eigenvalue weighted by molar-refractivity contribution is 6.35. The lowest BCUT2D eigenvalue weighted by molar-refractivity contribution is 0.189. The molecule has 5 heteroatoms. The van der Waals surface area contributed by atoms with Gasteiger partial charge < -0.3 is 14.4 Å². The number of halogens is 1. The number of hydrogen-bond acceptors (Lipinski definition) is 3. The summed E-state index contributed by atoms with van der Waals surface area (Å²) in [7, 11) is 1.67. The predicted molar refractivity (Wildman–Crippen MR) is 67.2 cm³/mol. The van der Waals surface area contributed by atoms with E-state index in [1.165, 1.54) is 0 Å². The van der Waals surface area contributed by atoms with Gasteiger partial charge in [-0.1, -0.05) is 17.7 Å². The zero-order valence-corrected chi connectivity index (χ0v) is 10.4. The fourth-order valence-electron chi connectivity index (χ4n) is 1.92. The highest BCUT2D eigenvalue weighted by Gasteiger charge is 2.11. The van der Waals surface area contributed by atoms with Gasteiger partial charge in [0.2, 0.25) is 0 Å². The van der Waals surface area contributed by atoms with Gasteiger partial charge in [-0.3, -0.25) is 0 Å². The first kappa shape index (κ1) is 12.4. The van der Waals surface area contributed by atoms with Crippen molar-refractivity contribution in [1.82, 2.24) is 9.55 Å². The van der Waals surface area contributed by atoms with Crippen molar-refractivity contribution in [2.45, 2.75) is 19.6 Å². The molecule has 0 aliphatic heterocycles. The lowest BCUT2D eigenvalue weighted by Crippen LogP contribution is -2.06. The van der Waals surface area contributed by atoms with Crippen molar-refractivity contribution in [2.75, 3.05) is 13.7 Å². The summed E-state index contributed by atoms with van der Waals surface area (Å²) in [5.74, 6) is 0.643. The Morgan fingerprint density at radius 2 is 2.29 bits per heavy atom. The van der Waals surface area contributed by atoms with Crippen molar-refractivity contribution in [3.05, 3.63) is 29.0 Å². The van der Waals surface area contributed by atoms with Crippen molar-refractivity contribution in [2.24, 2.45) is 0 Å². The molecule has 2 aromatic rings. The van der Waals surface area contributed by atoms with Crippen LogP contribution in [-0.4, -0.2) is 28.4 Å². The molecular formula is C12H15ClN2O2. The SMILES string of the molecule is COCCCn1c(CO)nc2cccc(Cl)c21. The second kappa shape index (κ2) is 5.49. The number of imidazole rings is 1. The lowest BCUT2D eigenvalue weighted by Gasteiger charge is -2.08. The number of methoxy groups -OCH3 is 1. The zero-order chi connectivity index (χ0) is 12.3. The van der Waals surface area contributed by atoms with Gasteiger partial charge in [-0.25, -0.2) is 4.98 Å². The largest absolute Gasteiger partial charge is 0.388 e. The van der Waals surface area contributed by atoms with Crippen LogP contribution < -0.4 is 0 Å². The molecule has 0 fully saturated rings. The van der Waals surface area contributed by atoms with E-state index in [-0.39, 0.29) is 6.61 Å². The maximum absolute atomic E-state index is 9.31. The Kier molecular flexibility index (Phi) is 3.99. The maximum atomic E-state index is 9.31. The van der Waals surface area contributed by atoms with E-state index in [1.807, 2.05) is 22.8 Å². The standard InChI is InChI=1S/C12H15ClN2O2/c1-17-7-3-6-15-11(8-16)14-10-5-2-4-9(13)12(10)15/h2,4-5,16H,3,6-8H2,1H3. The molecular weight excluding hydrogens is 240 g/mol. The molecule has 0 radical (unpaired) electrons. The summed E-state index contributed by atoms with van der Waals surface area (Å²) < 4.78 is 6.98. The number of para-hydroxylation sites is 1. The van der Waals surface area contributed by atoms with Crippen LogP contribution in [0.2, 0.25) is 5.02 Å². The minimum Gasteiger partial charge on any atom is -0.388 e. The maximum Gasteiger partial charge on any atom is 0.135 e. The Labute approximate surface area is 105 Å². The molecule has 0 unspecified atom stereocenters. The zero-order valence-electron chi connectivity index (χ0n) is 9.69. The van der Waals surface area contributed by atoms with Gasteiger partial charge in [0.25, 0.3) is 0 Å². The van der Waals surface area contributed by atoms with Crippen LogP contribution in [0.4, 0.5) is 0 Å². The van der Waals surface area contributed by atoms with E-state index >= 15 is 0 Å². The molecule has 0 spiro atoms. The highest BCUT2D eigenvalue weighted by atomic mass is 35.5. The quantitative estimate of drug-likeness (QED) is 0.833. The minimum absolute atomic E-state index is 0.0853. The molecule has 1 N–H and O–H groups in total. The first-order valence-corrected chi connectivity index (χ1v) is 5.89. The molecule has 1 aromatic carbocycles. The Morgan fingerprint density at radius 1 is 1.47 bits per heavy atom. The third-order valence-corrected chi connectivity index (χ3v) is 2.97. The van der Waals surface area contributed by atoms with Crippen molar-refractivity contribution in [3.63, 3.8) is 0 Å². The van der Waals surface area contributed by atoms with Gasteiger partial charge in [-0.2, -0.15) is 0 Å². The molecule has 0 aliphatic rings. The number of rotatable bonds is 5. The molecule has 0 bridgehead atoms. The smallest absolute Gasteiger partial charge is 0.135 e. The summed E-state index contributed by atoms with van der Waals surface area (Å²) >= 11 is 6.17. The number of fused-ring (bicyclic) bond motifs is 1. The van der Waals surface area contributed by atoms with Gasteiger partial charge in [-0.05, 0) is 18.6 Å². The molecule has 0 amide bonds. The van der Waals surface area contributed by atoms with E-state index in [0.29, 0.717) is 17.5 Å². The average Bonchev–Trinajstić information content (AvgIpc) is 2.69. The van der Waals surface area contributed by atoms with Gasteiger partial charge in [-0.15, -0.1) is 0 Å². The second-order valence-electron chi connectivity index (χ2n) is 3.79. The fraction of sp³-hybridized carbons (Fsp3) is 0.417. The van der Waals surface area contributed by atoms with Gasteiger partial charge >= 0.3 is 0 Å². The summed E-state index contributed by atoms with van der Waals surface area (Å²) in [4.78, 5) is 4.36. The summed E-state index contributed by atoms with van der Waals surface area (Å²) in [5, 5.41) is 9.97. The van der Waals surface area contributed by atoms with Crippen LogP contribution in [0.5, 0.6) is 0 Å². The van der Waals surface area contributed by atoms with Gasteiger partial charge in [0.1, 0.15) is 12.4 Å². The van der Waals surface area contributed by atoms with E-state index in [9.17, 15) is 5.11 Å². The number of benzene rings is 1. The van der Waals surface area contributed by atoms with Crippen LogP contribution >= 0.6 is 11.6 Å².